The lowest BCUT2D eigenvalue weighted by Crippen LogP contribution is -2.39. The van der Waals surface area contributed by atoms with Crippen molar-refractivity contribution in [3.05, 3.63) is 0 Å². The lowest BCUT2D eigenvalue weighted by molar-refractivity contribution is 0.0230. The molecule has 0 heterocycles. The second-order valence-corrected chi connectivity index (χ2v) is 4.68. The molecule has 0 aromatic carbocycles. The van der Waals surface area contributed by atoms with Crippen LogP contribution in [0.15, 0.2) is 0 Å². The van der Waals surface area contributed by atoms with Crippen LogP contribution in [0.5, 0.6) is 0 Å². The Morgan fingerprint density at radius 3 is 2.47 bits per heavy atom. The molecule has 86 valence electrons. The molecule has 3 heteroatoms. The van der Waals surface area contributed by atoms with Gasteiger partial charge in [-0.1, -0.05) is 0 Å². The molecule has 1 unspecified atom stereocenters. The highest BCUT2D eigenvalue weighted by molar-refractivity contribution is 5.68. The average molecular weight is 211 g/mol. The molecule has 0 aromatic heterocycles. The molecule has 3 nitrogen and oxygen atoms in total. The van der Waals surface area contributed by atoms with Crippen LogP contribution in [0.4, 0.5) is 4.79 Å². The van der Waals surface area contributed by atoms with Gasteiger partial charge in [-0.2, -0.15) is 0 Å². The van der Waals surface area contributed by atoms with Crippen molar-refractivity contribution < 1.29 is 9.53 Å². The normalized spacial score (nSPS) is 12.8. The zero-order valence-corrected chi connectivity index (χ0v) is 10.3. The summed E-state index contributed by atoms with van der Waals surface area (Å²) in [5, 5.41) is 0. The minimum absolute atomic E-state index is 0.107. The Kier molecular flexibility index (Phi) is 5.21. The van der Waals surface area contributed by atoms with Crippen LogP contribution < -0.4 is 0 Å². The smallest absolute Gasteiger partial charge is 0.410 e. The lowest BCUT2D eigenvalue weighted by atomic mass is 10.1. The van der Waals surface area contributed by atoms with Gasteiger partial charge in [-0.05, 0) is 34.1 Å². The molecule has 1 amide bonds. The van der Waals surface area contributed by atoms with E-state index >= 15 is 0 Å². The molecule has 0 bridgehead atoms. The Labute approximate surface area is 92.8 Å². The first-order valence-corrected chi connectivity index (χ1v) is 5.17. The molecule has 1 atom stereocenters. The zero-order valence-electron chi connectivity index (χ0n) is 10.3. The molecule has 0 aliphatic rings. The van der Waals surface area contributed by atoms with E-state index in [0.717, 1.165) is 6.42 Å². The van der Waals surface area contributed by atoms with Crippen molar-refractivity contribution in [3.63, 3.8) is 0 Å². The van der Waals surface area contributed by atoms with Crippen LogP contribution in [-0.2, 0) is 4.74 Å². The highest BCUT2D eigenvalue weighted by atomic mass is 16.6. The Morgan fingerprint density at radius 2 is 2.07 bits per heavy atom. The summed E-state index contributed by atoms with van der Waals surface area (Å²) in [6.07, 6.45) is 6.34. The van der Waals surface area contributed by atoms with Crippen LogP contribution in [0.25, 0.3) is 0 Å². The number of amides is 1. The summed E-state index contributed by atoms with van der Waals surface area (Å²) >= 11 is 0. The number of hydrogen-bond donors (Lipinski definition) is 0. The summed E-state index contributed by atoms with van der Waals surface area (Å²) in [6, 6.07) is 0.107. The maximum atomic E-state index is 11.6. The van der Waals surface area contributed by atoms with Crippen molar-refractivity contribution in [3.8, 4) is 12.3 Å². The first-order valence-electron chi connectivity index (χ1n) is 5.17. The molecule has 0 radical (unpaired) electrons. The van der Waals surface area contributed by atoms with Crippen molar-refractivity contribution >= 4 is 6.09 Å². The van der Waals surface area contributed by atoms with Crippen LogP contribution in [0, 0.1) is 12.3 Å². The summed E-state index contributed by atoms with van der Waals surface area (Å²) in [5.41, 5.74) is -0.447. The first kappa shape index (κ1) is 13.8. The van der Waals surface area contributed by atoms with E-state index in [1.165, 1.54) is 0 Å². The van der Waals surface area contributed by atoms with Gasteiger partial charge in [0.2, 0.25) is 0 Å². The van der Waals surface area contributed by atoms with E-state index in [-0.39, 0.29) is 12.1 Å². The fourth-order valence-electron chi connectivity index (χ4n) is 1.000. The van der Waals surface area contributed by atoms with E-state index < -0.39 is 5.60 Å². The zero-order chi connectivity index (χ0) is 12.1. The molecular formula is C12H21NO2. The van der Waals surface area contributed by atoms with Crippen LogP contribution in [0.2, 0.25) is 0 Å². The SMILES string of the molecule is C#CCCC(C)N(C)C(=O)OC(C)(C)C. The minimum Gasteiger partial charge on any atom is -0.444 e. The van der Waals surface area contributed by atoms with E-state index in [9.17, 15) is 4.79 Å². The van der Waals surface area contributed by atoms with Gasteiger partial charge in [-0.15, -0.1) is 12.3 Å². The number of carbonyl (C=O) groups is 1. The fourth-order valence-corrected chi connectivity index (χ4v) is 1.000. The predicted octanol–water partition coefficient (Wildman–Crippen LogP) is 2.66. The molecular weight excluding hydrogens is 190 g/mol. The van der Waals surface area contributed by atoms with Gasteiger partial charge in [0.1, 0.15) is 5.60 Å². The van der Waals surface area contributed by atoms with Gasteiger partial charge in [0.15, 0.2) is 0 Å². The van der Waals surface area contributed by atoms with Gasteiger partial charge in [-0.3, -0.25) is 0 Å². The van der Waals surface area contributed by atoms with Gasteiger partial charge in [-0.25, -0.2) is 4.79 Å². The highest BCUT2D eigenvalue weighted by Gasteiger charge is 2.22. The number of nitrogens with zero attached hydrogens (tertiary/aromatic N) is 1. The summed E-state index contributed by atoms with van der Waals surface area (Å²) in [4.78, 5) is 13.2. The molecule has 0 N–H and O–H groups in total. The average Bonchev–Trinajstić information content (AvgIpc) is 2.10. The summed E-state index contributed by atoms with van der Waals surface area (Å²) in [6.45, 7) is 7.52. The monoisotopic (exact) mass is 211 g/mol. The molecule has 0 rings (SSSR count). The molecule has 0 saturated heterocycles. The molecule has 0 fully saturated rings. The summed E-state index contributed by atoms with van der Waals surface area (Å²) in [7, 11) is 1.73. The van der Waals surface area contributed by atoms with Crippen molar-refractivity contribution in [2.45, 2.75) is 52.2 Å². The van der Waals surface area contributed by atoms with Gasteiger partial charge in [0.25, 0.3) is 0 Å². The number of carbonyl (C=O) groups excluding carboxylic acids is 1. The lowest BCUT2D eigenvalue weighted by Gasteiger charge is -2.28. The van der Waals surface area contributed by atoms with Crippen molar-refractivity contribution in [1.29, 1.82) is 0 Å². The van der Waals surface area contributed by atoms with Gasteiger partial charge < -0.3 is 9.64 Å². The van der Waals surface area contributed by atoms with Gasteiger partial charge in [0, 0.05) is 19.5 Å². The van der Waals surface area contributed by atoms with E-state index in [2.05, 4.69) is 5.92 Å². The van der Waals surface area contributed by atoms with Crippen LogP contribution in [-0.4, -0.2) is 29.7 Å². The van der Waals surface area contributed by atoms with Crippen LogP contribution in [0.3, 0.4) is 0 Å². The van der Waals surface area contributed by atoms with E-state index in [0.29, 0.717) is 6.42 Å². The molecule has 0 aromatic rings. The molecule has 0 saturated carbocycles. The van der Waals surface area contributed by atoms with Crippen molar-refractivity contribution in [2.75, 3.05) is 7.05 Å². The number of hydrogen-bond acceptors (Lipinski definition) is 2. The van der Waals surface area contributed by atoms with Gasteiger partial charge >= 0.3 is 6.09 Å². The third-order valence-corrected chi connectivity index (χ3v) is 2.05. The molecule has 0 spiro atoms. The Hall–Kier alpha value is -1.17. The maximum Gasteiger partial charge on any atom is 0.410 e. The highest BCUT2D eigenvalue weighted by Crippen LogP contribution is 2.12. The molecule has 0 aliphatic carbocycles. The Balaban J connectivity index is 4.15. The van der Waals surface area contributed by atoms with E-state index in [1.807, 2.05) is 27.7 Å². The minimum atomic E-state index is -0.447. The largest absolute Gasteiger partial charge is 0.444 e. The topological polar surface area (TPSA) is 29.5 Å². The third-order valence-electron chi connectivity index (χ3n) is 2.05. The van der Waals surface area contributed by atoms with E-state index in [4.69, 9.17) is 11.2 Å². The Morgan fingerprint density at radius 1 is 1.53 bits per heavy atom. The summed E-state index contributed by atoms with van der Waals surface area (Å²) in [5.74, 6) is 2.56. The fraction of sp³-hybridized carbons (Fsp3) is 0.750. The second kappa shape index (κ2) is 5.65. The van der Waals surface area contributed by atoms with Gasteiger partial charge in [0.05, 0.1) is 0 Å². The molecule has 0 aliphatic heterocycles. The van der Waals surface area contributed by atoms with Crippen molar-refractivity contribution in [1.82, 2.24) is 4.90 Å². The quantitative estimate of drug-likeness (QED) is 0.672. The van der Waals surface area contributed by atoms with Crippen molar-refractivity contribution in [2.24, 2.45) is 0 Å². The number of ether oxygens (including phenoxy) is 1. The Bertz CT molecular complexity index is 247. The number of terminal acetylenes is 1. The predicted molar refractivity (Wildman–Crippen MR) is 61.5 cm³/mol. The van der Waals surface area contributed by atoms with Crippen LogP contribution >= 0.6 is 0 Å². The maximum absolute atomic E-state index is 11.6. The first-order chi connectivity index (χ1) is 6.78. The number of rotatable bonds is 3. The third kappa shape index (κ3) is 6.01. The molecule has 15 heavy (non-hydrogen) atoms. The van der Waals surface area contributed by atoms with E-state index in [1.54, 1.807) is 11.9 Å². The standard InChI is InChI=1S/C12H21NO2/c1-7-8-9-10(2)13(6)11(14)15-12(3,4)5/h1,10H,8-9H2,2-6H3. The summed E-state index contributed by atoms with van der Waals surface area (Å²) < 4.78 is 5.24. The second-order valence-electron chi connectivity index (χ2n) is 4.68. The van der Waals surface area contributed by atoms with Crippen LogP contribution in [0.1, 0.15) is 40.5 Å².